The van der Waals surface area contributed by atoms with Gasteiger partial charge in [-0.05, 0) is 100 Å². The van der Waals surface area contributed by atoms with Crippen LogP contribution in [0.5, 0.6) is 0 Å². The molecule has 2 unspecified atom stereocenters. The van der Waals surface area contributed by atoms with Crippen molar-refractivity contribution < 1.29 is 26.4 Å². The van der Waals surface area contributed by atoms with Crippen LogP contribution < -0.4 is 21.3 Å². The summed E-state index contributed by atoms with van der Waals surface area (Å²) in [6.45, 7) is 7.20. The van der Waals surface area contributed by atoms with Crippen molar-refractivity contribution in [1.82, 2.24) is 30.6 Å². The second kappa shape index (κ2) is 15.8. The van der Waals surface area contributed by atoms with Crippen molar-refractivity contribution in [3.05, 3.63) is 108 Å². The molecular weight excluding hydrogens is 805 g/mol. The molecule has 2 aromatic carbocycles. The van der Waals surface area contributed by atoms with Gasteiger partial charge in [0.15, 0.2) is 0 Å². The molecule has 18 heteroatoms. The van der Waals surface area contributed by atoms with Gasteiger partial charge in [-0.25, -0.2) is 41.6 Å². The molecule has 57 heavy (non-hydrogen) atoms. The zero-order valence-corrected chi connectivity index (χ0v) is 34.4. The van der Waals surface area contributed by atoms with E-state index in [2.05, 4.69) is 41.2 Å². The van der Waals surface area contributed by atoms with Crippen LogP contribution >= 0.6 is 22.7 Å². The first kappa shape index (κ1) is 39.7. The number of nitrogens with one attached hydrogen (secondary N) is 4. The minimum Gasteiger partial charge on any atom is -0.352 e. The van der Waals surface area contributed by atoms with Crippen molar-refractivity contribution in [1.29, 1.82) is 0 Å². The SMILES string of the molecule is Cc1ccccc1S(=O)(=O)c1ccc(-c2ccnc(NC(C)CC3(CC(C)Nc4nccc(-c5ccc(S(=O)(=O)c6ccccc6C)s5)n4)NC(=O)NC3=O)n2)s1. The molecule has 0 saturated carbocycles. The molecule has 6 aromatic rings. The molecule has 0 aliphatic carbocycles. The van der Waals surface area contributed by atoms with Crippen LogP contribution in [0.3, 0.4) is 0 Å². The van der Waals surface area contributed by atoms with E-state index < -0.39 is 49.2 Å². The van der Waals surface area contributed by atoms with E-state index in [1.807, 2.05) is 13.8 Å². The van der Waals surface area contributed by atoms with Gasteiger partial charge in [0.1, 0.15) is 14.0 Å². The number of urea groups is 1. The van der Waals surface area contributed by atoms with Gasteiger partial charge in [0.25, 0.3) is 5.91 Å². The van der Waals surface area contributed by atoms with Gasteiger partial charge in [-0.3, -0.25) is 10.1 Å². The predicted molar refractivity (Wildman–Crippen MR) is 219 cm³/mol. The van der Waals surface area contributed by atoms with Crippen LogP contribution in [0.15, 0.2) is 116 Å². The molecule has 1 aliphatic heterocycles. The molecule has 1 aliphatic rings. The van der Waals surface area contributed by atoms with Gasteiger partial charge in [-0.1, -0.05) is 36.4 Å². The third kappa shape index (κ3) is 8.30. The van der Waals surface area contributed by atoms with Crippen molar-refractivity contribution in [3.8, 4) is 21.1 Å². The number of benzene rings is 2. The lowest BCUT2D eigenvalue weighted by Crippen LogP contribution is -2.52. The van der Waals surface area contributed by atoms with Crippen molar-refractivity contribution in [2.75, 3.05) is 10.6 Å². The van der Waals surface area contributed by atoms with E-state index in [0.29, 0.717) is 32.3 Å². The molecule has 0 bridgehead atoms. The molecule has 0 spiro atoms. The fourth-order valence-electron chi connectivity index (χ4n) is 6.76. The van der Waals surface area contributed by atoms with Gasteiger partial charge >= 0.3 is 6.03 Å². The van der Waals surface area contributed by atoms with Gasteiger partial charge < -0.3 is 16.0 Å². The largest absolute Gasteiger partial charge is 0.352 e. The van der Waals surface area contributed by atoms with E-state index in [9.17, 15) is 26.4 Å². The molecule has 2 atom stereocenters. The number of aryl methyl sites for hydroxylation is 2. The Balaban J connectivity index is 1.03. The van der Waals surface area contributed by atoms with Crippen LogP contribution in [0.2, 0.25) is 0 Å². The Labute approximate surface area is 338 Å². The van der Waals surface area contributed by atoms with Crippen LogP contribution in [0.25, 0.3) is 21.1 Å². The Bertz CT molecular complexity index is 2550. The normalized spacial score (nSPS) is 16.8. The van der Waals surface area contributed by atoms with Crippen molar-refractivity contribution in [2.24, 2.45) is 0 Å². The Morgan fingerprint density at radius 2 is 1.09 bits per heavy atom. The summed E-state index contributed by atoms with van der Waals surface area (Å²) >= 11 is 2.22. The summed E-state index contributed by atoms with van der Waals surface area (Å²) < 4.78 is 53.8. The van der Waals surface area contributed by atoms with Gasteiger partial charge in [-0.15, -0.1) is 22.7 Å². The highest BCUT2D eigenvalue weighted by atomic mass is 32.2. The number of hydrogen-bond donors (Lipinski definition) is 4. The summed E-state index contributed by atoms with van der Waals surface area (Å²) in [5.74, 6) is 0.0360. The van der Waals surface area contributed by atoms with Crippen LogP contribution in [0.4, 0.5) is 16.7 Å². The minimum absolute atomic E-state index is 0.163. The summed E-state index contributed by atoms with van der Waals surface area (Å²) in [5, 5.41) is 11.6. The van der Waals surface area contributed by atoms with E-state index >= 15 is 0 Å². The maximum atomic E-state index is 13.4. The van der Waals surface area contributed by atoms with Crippen LogP contribution in [0, 0.1) is 13.8 Å². The molecule has 4 N–H and O–H groups in total. The number of rotatable bonds is 14. The monoisotopic (exact) mass is 842 g/mol. The number of carbonyl (C=O) groups is 2. The number of aromatic nitrogens is 4. The van der Waals surface area contributed by atoms with Gasteiger partial charge in [0, 0.05) is 24.5 Å². The third-order valence-electron chi connectivity index (χ3n) is 9.35. The predicted octanol–water partition coefficient (Wildman–Crippen LogP) is 6.67. The number of hydrogen-bond acceptors (Lipinski definition) is 14. The van der Waals surface area contributed by atoms with Crippen LogP contribution in [-0.2, 0) is 24.5 Å². The Kier molecular flexibility index (Phi) is 11.0. The second-order valence-electron chi connectivity index (χ2n) is 13.8. The number of imide groups is 1. The first-order valence-corrected chi connectivity index (χ1v) is 22.4. The molecule has 14 nitrogen and oxygen atoms in total. The second-order valence-corrected chi connectivity index (χ2v) is 20.3. The zero-order valence-electron chi connectivity index (χ0n) is 31.2. The molecule has 7 rings (SSSR count). The molecule has 1 saturated heterocycles. The van der Waals surface area contributed by atoms with Crippen molar-refractivity contribution >= 4 is 66.2 Å². The highest BCUT2D eigenvalue weighted by Crippen LogP contribution is 2.36. The molecule has 0 radical (unpaired) electrons. The first-order chi connectivity index (χ1) is 27.1. The maximum Gasteiger partial charge on any atom is 0.322 e. The lowest BCUT2D eigenvalue weighted by molar-refractivity contribution is -0.124. The van der Waals surface area contributed by atoms with Crippen LogP contribution in [-0.4, -0.2) is 66.3 Å². The van der Waals surface area contributed by atoms with E-state index in [4.69, 9.17) is 0 Å². The maximum absolute atomic E-state index is 13.4. The molecular formula is C39H38N8O6S4. The quantitative estimate of drug-likeness (QED) is 0.0851. The minimum atomic E-state index is -3.72. The van der Waals surface area contributed by atoms with E-state index in [0.717, 1.165) is 22.7 Å². The number of amides is 3. The van der Waals surface area contributed by atoms with Gasteiger partial charge in [0.05, 0.1) is 30.9 Å². The van der Waals surface area contributed by atoms with Crippen molar-refractivity contribution in [2.45, 2.75) is 76.4 Å². The molecule has 3 amide bonds. The fraction of sp³-hybridized carbons (Fsp3) is 0.231. The van der Waals surface area contributed by atoms with Gasteiger partial charge in [-0.2, -0.15) is 0 Å². The number of nitrogens with zero attached hydrogens (tertiary/aromatic N) is 4. The molecule has 5 heterocycles. The Hall–Kier alpha value is -5.56. The molecule has 294 valence electrons. The number of carbonyl (C=O) groups excluding carboxylic acids is 2. The van der Waals surface area contributed by atoms with Gasteiger partial charge in [0.2, 0.25) is 31.6 Å². The first-order valence-electron chi connectivity index (χ1n) is 17.8. The summed E-state index contributed by atoms with van der Waals surface area (Å²) in [4.78, 5) is 45.6. The third-order valence-corrected chi connectivity index (χ3v) is 16.4. The number of thiophene rings is 2. The molecule has 4 aromatic heterocycles. The Morgan fingerprint density at radius 3 is 1.49 bits per heavy atom. The van der Waals surface area contributed by atoms with Crippen LogP contribution in [0.1, 0.15) is 37.8 Å². The lowest BCUT2D eigenvalue weighted by atomic mass is 9.85. The summed E-state index contributed by atoms with van der Waals surface area (Å²) in [6.07, 6.45) is 3.45. The average Bonchev–Trinajstić information content (AvgIpc) is 3.92. The highest BCUT2D eigenvalue weighted by molar-refractivity contribution is 7.94. The fourth-order valence-corrected chi connectivity index (χ4v) is 12.6. The smallest absolute Gasteiger partial charge is 0.322 e. The zero-order chi connectivity index (χ0) is 40.5. The summed E-state index contributed by atoms with van der Waals surface area (Å²) in [6, 6.07) is 22.2. The van der Waals surface area contributed by atoms with E-state index in [1.54, 1.807) is 111 Å². The topological polar surface area (TPSA) is 202 Å². The van der Waals surface area contributed by atoms with E-state index in [1.165, 1.54) is 0 Å². The molecule has 1 fully saturated rings. The lowest BCUT2D eigenvalue weighted by Gasteiger charge is -2.32. The highest BCUT2D eigenvalue weighted by Gasteiger charge is 2.48. The van der Waals surface area contributed by atoms with E-state index in [-0.39, 0.29) is 42.9 Å². The Morgan fingerprint density at radius 1 is 0.649 bits per heavy atom. The average molecular weight is 843 g/mol. The number of sulfone groups is 2. The number of anilines is 2. The summed E-state index contributed by atoms with van der Waals surface area (Å²) in [7, 11) is -7.44. The summed E-state index contributed by atoms with van der Waals surface area (Å²) in [5.41, 5.74) is 1.04. The standard InChI is InChI=1S/C39H38N8O6S4/c1-23-9-5-7-11-31(23)56(50,51)33-15-13-29(54-33)27-17-19-40-36(44-27)42-25(3)21-39(35(48)46-38(49)47-39)22-26(4)43-37-41-20-18-28(45-37)30-14-16-34(55-30)57(52,53)32-12-8-6-10-24(32)2/h5-20,25-26H,21-22H2,1-4H3,(H,40,42,44)(H,41,43,45)(H2,46,47,48,49). The van der Waals surface area contributed by atoms with Crippen molar-refractivity contribution in [3.63, 3.8) is 0 Å².